The number of carbonyl (C=O) groups excluding carboxylic acids is 2. The Morgan fingerprint density at radius 2 is 1.71 bits per heavy atom. The Morgan fingerprint density at radius 1 is 1.11 bits per heavy atom. The summed E-state index contributed by atoms with van der Waals surface area (Å²) in [5, 5.41) is 16.2. The lowest BCUT2D eigenvalue weighted by atomic mass is 9.95. The van der Waals surface area contributed by atoms with Crippen molar-refractivity contribution in [2.75, 3.05) is 0 Å². The van der Waals surface area contributed by atoms with Crippen LogP contribution in [0.5, 0.6) is 0 Å². The van der Waals surface area contributed by atoms with Crippen molar-refractivity contribution in [1.29, 1.82) is 0 Å². The molecule has 0 saturated carbocycles. The van der Waals surface area contributed by atoms with Crippen molar-refractivity contribution in [1.82, 2.24) is 10.6 Å². The van der Waals surface area contributed by atoms with Gasteiger partial charge < -0.3 is 15.7 Å². The van der Waals surface area contributed by atoms with Crippen LogP contribution in [0.1, 0.15) is 58.9 Å². The van der Waals surface area contributed by atoms with Gasteiger partial charge in [0.25, 0.3) is 0 Å². The average Bonchev–Trinajstić information content (AvgIpc) is 2.57. The second-order valence-electron chi connectivity index (χ2n) is 7.70. The third-order valence-electron chi connectivity index (χ3n) is 4.56. The van der Waals surface area contributed by atoms with Crippen LogP contribution in [-0.4, -0.2) is 35.1 Å². The lowest BCUT2D eigenvalue weighted by Gasteiger charge is -2.27. The molecular formula is C21H32F2N2O3. The van der Waals surface area contributed by atoms with Gasteiger partial charge in [-0.15, -0.1) is 0 Å². The van der Waals surface area contributed by atoms with Crippen LogP contribution in [0.2, 0.25) is 0 Å². The Kier molecular flexibility index (Phi) is 10.1. The number of aliphatic hydroxyl groups excluding tert-OH is 1. The molecule has 0 saturated heterocycles. The number of benzene rings is 1. The van der Waals surface area contributed by atoms with E-state index in [9.17, 15) is 23.5 Å². The highest BCUT2D eigenvalue weighted by atomic mass is 19.1. The molecule has 0 aromatic heterocycles. The molecule has 5 nitrogen and oxygen atoms in total. The molecule has 0 aliphatic carbocycles. The number of rotatable bonds is 11. The van der Waals surface area contributed by atoms with Crippen LogP contribution >= 0.6 is 0 Å². The Balaban J connectivity index is 2.77. The molecule has 0 aliphatic heterocycles. The van der Waals surface area contributed by atoms with E-state index in [1.807, 2.05) is 20.8 Å². The highest BCUT2D eigenvalue weighted by Gasteiger charge is 2.25. The summed E-state index contributed by atoms with van der Waals surface area (Å²) in [6.07, 6.45) is 1.14. The Morgan fingerprint density at radius 3 is 2.21 bits per heavy atom. The van der Waals surface area contributed by atoms with Crippen molar-refractivity contribution in [3.63, 3.8) is 0 Å². The van der Waals surface area contributed by atoms with E-state index in [2.05, 4.69) is 10.6 Å². The van der Waals surface area contributed by atoms with Crippen molar-refractivity contribution >= 4 is 11.8 Å². The van der Waals surface area contributed by atoms with E-state index >= 15 is 0 Å². The van der Waals surface area contributed by atoms with Crippen LogP contribution in [0.3, 0.4) is 0 Å². The molecule has 0 bridgehead atoms. The number of aliphatic hydroxyl groups is 1. The van der Waals surface area contributed by atoms with Crippen molar-refractivity contribution < 1.29 is 23.5 Å². The third kappa shape index (κ3) is 9.26. The molecule has 3 unspecified atom stereocenters. The normalized spacial score (nSPS) is 14.4. The molecule has 158 valence electrons. The Bertz CT molecular complexity index is 632. The summed E-state index contributed by atoms with van der Waals surface area (Å²) >= 11 is 0. The molecule has 7 heteroatoms. The van der Waals surface area contributed by atoms with Gasteiger partial charge in [0, 0.05) is 25.5 Å². The van der Waals surface area contributed by atoms with Gasteiger partial charge in [0.2, 0.25) is 11.8 Å². The van der Waals surface area contributed by atoms with E-state index in [-0.39, 0.29) is 30.7 Å². The lowest BCUT2D eigenvalue weighted by Crippen LogP contribution is -2.47. The van der Waals surface area contributed by atoms with E-state index in [1.54, 1.807) is 0 Å². The van der Waals surface area contributed by atoms with Crippen LogP contribution < -0.4 is 10.6 Å². The summed E-state index contributed by atoms with van der Waals surface area (Å²) in [6.45, 7) is 7.30. The fourth-order valence-electron chi connectivity index (χ4n) is 3.03. The van der Waals surface area contributed by atoms with Gasteiger partial charge in [-0.25, -0.2) is 8.78 Å². The van der Waals surface area contributed by atoms with E-state index in [0.29, 0.717) is 24.3 Å². The molecule has 1 aromatic carbocycles. The van der Waals surface area contributed by atoms with Crippen molar-refractivity contribution in [3.05, 3.63) is 35.4 Å². The predicted octanol–water partition coefficient (Wildman–Crippen LogP) is 3.09. The second kappa shape index (κ2) is 11.7. The summed E-state index contributed by atoms with van der Waals surface area (Å²) < 4.78 is 26.9. The van der Waals surface area contributed by atoms with Gasteiger partial charge in [0.05, 0.1) is 12.1 Å². The fourth-order valence-corrected chi connectivity index (χ4v) is 3.03. The van der Waals surface area contributed by atoms with E-state index in [1.165, 1.54) is 19.1 Å². The maximum Gasteiger partial charge on any atom is 0.220 e. The molecule has 2 amide bonds. The Hall–Kier alpha value is -2.02. The van der Waals surface area contributed by atoms with Gasteiger partial charge in [0.1, 0.15) is 11.6 Å². The zero-order valence-electron chi connectivity index (χ0n) is 17.1. The summed E-state index contributed by atoms with van der Waals surface area (Å²) in [6, 6.07) is 2.15. The fraction of sp³-hybridized carbons (Fsp3) is 0.619. The van der Waals surface area contributed by atoms with E-state index in [0.717, 1.165) is 12.5 Å². The molecule has 1 aromatic rings. The monoisotopic (exact) mass is 398 g/mol. The highest BCUT2D eigenvalue weighted by molar-refractivity contribution is 5.76. The number of carbonyl (C=O) groups is 2. The van der Waals surface area contributed by atoms with Crippen LogP contribution in [0.4, 0.5) is 8.78 Å². The van der Waals surface area contributed by atoms with E-state index in [4.69, 9.17) is 0 Å². The average molecular weight is 398 g/mol. The van der Waals surface area contributed by atoms with Crippen molar-refractivity contribution in [3.8, 4) is 0 Å². The predicted molar refractivity (Wildman–Crippen MR) is 105 cm³/mol. The molecule has 28 heavy (non-hydrogen) atoms. The van der Waals surface area contributed by atoms with Crippen LogP contribution in [0.25, 0.3) is 0 Å². The topological polar surface area (TPSA) is 78.4 Å². The number of halogens is 2. The zero-order chi connectivity index (χ0) is 21.3. The number of hydrogen-bond donors (Lipinski definition) is 3. The maximum absolute atomic E-state index is 13.4. The molecule has 0 radical (unpaired) electrons. The molecule has 0 spiro atoms. The van der Waals surface area contributed by atoms with Crippen molar-refractivity contribution in [2.45, 2.75) is 78.0 Å². The molecule has 3 N–H and O–H groups in total. The second-order valence-corrected chi connectivity index (χ2v) is 7.70. The largest absolute Gasteiger partial charge is 0.391 e. The number of hydrogen-bond acceptors (Lipinski definition) is 3. The molecule has 0 heterocycles. The molecule has 1 rings (SSSR count). The van der Waals surface area contributed by atoms with Gasteiger partial charge in [-0.05, 0) is 49.3 Å². The standard InChI is InChI=1S/C21H32F2N2O3/c1-5-18(25-21(28)7-6-13(2)3)12-20(27)19(24-14(4)26)10-15-8-16(22)11-17(23)9-15/h8-9,11,13,18-20,27H,5-7,10,12H2,1-4H3,(H,24,26)(H,25,28). The first-order valence-electron chi connectivity index (χ1n) is 9.80. The third-order valence-corrected chi connectivity index (χ3v) is 4.56. The minimum Gasteiger partial charge on any atom is -0.391 e. The van der Waals surface area contributed by atoms with E-state index < -0.39 is 23.8 Å². The molecule has 0 aliphatic rings. The SMILES string of the molecule is CCC(CC(O)C(Cc1cc(F)cc(F)c1)NC(C)=O)NC(=O)CCC(C)C. The minimum absolute atomic E-state index is 0.0731. The first kappa shape index (κ1) is 24.0. The van der Waals surface area contributed by atoms with Gasteiger partial charge in [-0.1, -0.05) is 20.8 Å². The van der Waals surface area contributed by atoms with Crippen LogP contribution in [-0.2, 0) is 16.0 Å². The summed E-state index contributed by atoms with van der Waals surface area (Å²) in [5.74, 6) is -1.43. The van der Waals surface area contributed by atoms with Crippen LogP contribution in [0.15, 0.2) is 18.2 Å². The van der Waals surface area contributed by atoms with Gasteiger partial charge in [-0.3, -0.25) is 9.59 Å². The molecule has 3 atom stereocenters. The van der Waals surface area contributed by atoms with Gasteiger partial charge >= 0.3 is 0 Å². The number of amides is 2. The Labute approximate surface area is 165 Å². The van der Waals surface area contributed by atoms with Gasteiger partial charge in [-0.2, -0.15) is 0 Å². The number of nitrogens with one attached hydrogen (secondary N) is 2. The molecular weight excluding hydrogens is 366 g/mol. The zero-order valence-corrected chi connectivity index (χ0v) is 17.1. The smallest absolute Gasteiger partial charge is 0.220 e. The highest BCUT2D eigenvalue weighted by Crippen LogP contribution is 2.15. The van der Waals surface area contributed by atoms with Gasteiger partial charge in [0.15, 0.2) is 0 Å². The quantitative estimate of drug-likeness (QED) is 0.536. The lowest BCUT2D eigenvalue weighted by molar-refractivity contribution is -0.123. The summed E-state index contributed by atoms with van der Waals surface area (Å²) in [7, 11) is 0. The summed E-state index contributed by atoms with van der Waals surface area (Å²) in [4.78, 5) is 23.6. The first-order chi connectivity index (χ1) is 13.1. The maximum atomic E-state index is 13.4. The van der Waals surface area contributed by atoms with Crippen LogP contribution in [0, 0.1) is 17.6 Å². The minimum atomic E-state index is -0.981. The van der Waals surface area contributed by atoms with Crippen molar-refractivity contribution in [2.24, 2.45) is 5.92 Å². The first-order valence-corrected chi connectivity index (χ1v) is 9.80. The molecule has 0 fully saturated rings. The summed E-state index contributed by atoms with van der Waals surface area (Å²) in [5.41, 5.74) is 0.337.